The average molecular weight is 339 g/mol. The number of hydrogen-bond donors (Lipinski definition) is 1. The van der Waals surface area contributed by atoms with Crippen LogP contribution in [0, 0.1) is 0 Å². The normalized spacial score (nSPS) is 17.9. The number of fused-ring (bicyclic) bond motifs is 2. The lowest BCUT2D eigenvalue weighted by Gasteiger charge is -2.18. The van der Waals surface area contributed by atoms with Gasteiger partial charge in [-0.3, -0.25) is 4.79 Å². The molecule has 0 saturated heterocycles. The number of phenols is 1. The van der Waals surface area contributed by atoms with Crippen molar-refractivity contribution in [2.75, 3.05) is 18.2 Å². The van der Waals surface area contributed by atoms with Gasteiger partial charge in [-0.05, 0) is 24.1 Å². The molecule has 2 aromatic rings. The monoisotopic (exact) mass is 339 g/mol. The summed E-state index contributed by atoms with van der Waals surface area (Å²) in [6.07, 6.45) is 3.17. The second kappa shape index (κ2) is 6.31. The fraction of sp³-hybridized carbons (Fsp3) is 0.350. The van der Waals surface area contributed by atoms with Crippen molar-refractivity contribution >= 4 is 11.6 Å². The van der Waals surface area contributed by atoms with Gasteiger partial charge in [-0.25, -0.2) is 0 Å². The minimum Gasteiger partial charge on any atom is -0.507 e. The van der Waals surface area contributed by atoms with Crippen LogP contribution in [0.25, 0.3) is 0 Å². The Hall–Kier alpha value is -2.69. The summed E-state index contributed by atoms with van der Waals surface area (Å²) in [4.78, 5) is 15.0. The topological polar surface area (TPSA) is 59.0 Å². The minimum absolute atomic E-state index is 0.00599. The van der Waals surface area contributed by atoms with Crippen LogP contribution in [0.15, 0.2) is 36.4 Å². The number of nitrogens with zero attached hydrogens (tertiary/aromatic N) is 1. The largest absolute Gasteiger partial charge is 0.507 e. The van der Waals surface area contributed by atoms with Crippen molar-refractivity contribution in [2.45, 2.75) is 32.1 Å². The van der Waals surface area contributed by atoms with Crippen LogP contribution in [0.4, 0.5) is 5.69 Å². The Morgan fingerprint density at radius 1 is 1.12 bits per heavy atom. The van der Waals surface area contributed by atoms with E-state index in [0.717, 1.165) is 30.5 Å². The SMILES string of the molecule is CCCCCN1C(=O)C(c2cc3c(cc2O)OCO3)c2ccccc21. The molecule has 2 aromatic carbocycles. The van der Waals surface area contributed by atoms with Gasteiger partial charge in [0, 0.05) is 23.9 Å². The van der Waals surface area contributed by atoms with Crippen molar-refractivity contribution in [3.63, 3.8) is 0 Å². The molecular weight excluding hydrogens is 318 g/mol. The molecule has 1 atom stereocenters. The summed E-state index contributed by atoms with van der Waals surface area (Å²) in [5.41, 5.74) is 2.43. The third-order valence-electron chi connectivity index (χ3n) is 4.87. The van der Waals surface area contributed by atoms with E-state index in [1.807, 2.05) is 29.2 Å². The number of benzene rings is 2. The van der Waals surface area contributed by atoms with Crippen molar-refractivity contribution < 1.29 is 19.4 Å². The molecule has 5 nitrogen and oxygen atoms in total. The van der Waals surface area contributed by atoms with E-state index in [9.17, 15) is 9.90 Å². The number of anilines is 1. The van der Waals surface area contributed by atoms with E-state index in [-0.39, 0.29) is 18.4 Å². The number of phenolic OH excluding ortho intramolecular Hbond substituents is 1. The van der Waals surface area contributed by atoms with Gasteiger partial charge < -0.3 is 19.5 Å². The summed E-state index contributed by atoms with van der Waals surface area (Å²) in [5.74, 6) is 0.647. The van der Waals surface area contributed by atoms with Crippen LogP contribution >= 0.6 is 0 Å². The Morgan fingerprint density at radius 2 is 1.88 bits per heavy atom. The Balaban J connectivity index is 1.74. The van der Waals surface area contributed by atoms with E-state index >= 15 is 0 Å². The number of ether oxygens (including phenoxy) is 2. The predicted molar refractivity (Wildman–Crippen MR) is 94.4 cm³/mol. The number of para-hydroxylation sites is 1. The van der Waals surface area contributed by atoms with Crippen molar-refractivity contribution in [2.24, 2.45) is 0 Å². The highest BCUT2D eigenvalue weighted by Crippen LogP contribution is 2.47. The first-order valence-electron chi connectivity index (χ1n) is 8.73. The molecule has 0 fully saturated rings. The molecule has 0 aromatic heterocycles. The van der Waals surface area contributed by atoms with Crippen molar-refractivity contribution in [1.82, 2.24) is 0 Å². The minimum atomic E-state index is -0.507. The van der Waals surface area contributed by atoms with Crippen LogP contribution in [0.2, 0.25) is 0 Å². The van der Waals surface area contributed by atoms with Gasteiger partial charge in [-0.1, -0.05) is 38.0 Å². The summed E-state index contributed by atoms with van der Waals surface area (Å²) in [5, 5.41) is 10.5. The van der Waals surface area contributed by atoms with E-state index in [1.54, 1.807) is 6.07 Å². The number of rotatable bonds is 5. The fourth-order valence-corrected chi connectivity index (χ4v) is 3.61. The molecule has 0 bridgehead atoms. The van der Waals surface area contributed by atoms with Crippen LogP contribution in [0.3, 0.4) is 0 Å². The Kier molecular flexibility index (Phi) is 3.99. The summed E-state index contributed by atoms with van der Waals surface area (Å²) in [6.45, 7) is 2.98. The maximum atomic E-state index is 13.2. The van der Waals surface area contributed by atoms with Gasteiger partial charge in [0.15, 0.2) is 11.5 Å². The molecule has 130 valence electrons. The van der Waals surface area contributed by atoms with Crippen LogP contribution in [0.1, 0.15) is 43.2 Å². The molecule has 1 unspecified atom stereocenters. The van der Waals surface area contributed by atoms with Crippen LogP contribution in [-0.2, 0) is 4.79 Å². The fourth-order valence-electron chi connectivity index (χ4n) is 3.61. The molecule has 5 heteroatoms. The standard InChI is InChI=1S/C20H21NO4/c1-2-3-6-9-21-15-8-5-4-7-13(15)19(20(21)23)14-10-17-18(11-16(14)22)25-12-24-17/h4-5,7-8,10-11,19,22H,2-3,6,9,12H2,1H3. The lowest BCUT2D eigenvalue weighted by atomic mass is 9.91. The molecule has 25 heavy (non-hydrogen) atoms. The Labute approximate surface area is 146 Å². The van der Waals surface area contributed by atoms with Crippen molar-refractivity contribution in [3.8, 4) is 17.2 Å². The summed E-state index contributed by atoms with van der Waals surface area (Å²) in [6, 6.07) is 11.1. The molecule has 1 N–H and O–H groups in total. The zero-order valence-corrected chi connectivity index (χ0v) is 14.2. The number of hydrogen-bond acceptors (Lipinski definition) is 4. The first-order valence-corrected chi connectivity index (χ1v) is 8.73. The second-order valence-electron chi connectivity index (χ2n) is 6.45. The maximum Gasteiger partial charge on any atom is 0.239 e. The van der Waals surface area contributed by atoms with Crippen molar-refractivity contribution in [1.29, 1.82) is 0 Å². The molecule has 4 rings (SSSR count). The molecule has 1 amide bonds. The number of amides is 1. The lowest BCUT2D eigenvalue weighted by Crippen LogP contribution is -2.30. The molecule has 2 aliphatic rings. The van der Waals surface area contributed by atoms with Crippen molar-refractivity contribution in [3.05, 3.63) is 47.5 Å². The third-order valence-corrected chi connectivity index (χ3v) is 4.87. The van der Waals surface area contributed by atoms with Gasteiger partial charge in [-0.2, -0.15) is 0 Å². The first-order chi connectivity index (χ1) is 12.2. The van der Waals surface area contributed by atoms with E-state index < -0.39 is 5.92 Å². The van der Waals surface area contributed by atoms with Gasteiger partial charge in [0.2, 0.25) is 12.7 Å². The van der Waals surface area contributed by atoms with E-state index in [4.69, 9.17) is 9.47 Å². The molecule has 0 radical (unpaired) electrons. The zero-order chi connectivity index (χ0) is 17.4. The molecule has 2 aliphatic heterocycles. The van der Waals surface area contributed by atoms with E-state index in [2.05, 4.69) is 6.92 Å². The molecule has 2 heterocycles. The summed E-state index contributed by atoms with van der Waals surface area (Å²) in [7, 11) is 0. The Bertz CT molecular complexity index is 817. The van der Waals surface area contributed by atoms with Gasteiger partial charge in [0.25, 0.3) is 0 Å². The van der Waals surface area contributed by atoms with Crippen LogP contribution in [-0.4, -0.2) is 24.4 Å². The summed E-state index contributed by atoms with van der Waals surface area (Å²) >= 11 is 0. The van der Waals surface area contributed by atoms with Gasteiger partial charge in [0.05, 0.1) is 5.92 Å². The van der Waals surface area contributed by atoms with Gasteiger partial charge >= 0.3 is 0 Å². The predicted octanol–water partition coefficient (Wildman–Crippen LogP) is 3.79. The van der Waals surface area contributed by atoms with Crippen LogP contribution in [0.5, 0.6) is 17.2 Å². The highest BCUT2D eigenvalue weighted by Gasteiger charge is 2.39. The molecule has 0 aliphatic carbocycles. The number of aromatic hydroxyl groups is 1. The second-order valence-corrected chi connectivity index (χ2v) is 6.45. The lowest BCUT2D eigenvalue weighted by molar-refractivity contribution is -0.118. The molecular formula is C20H21NO4. The quantitative estimate of drug-likeness (QED) is 0.842. The van der Waals surface area contributed by atoms with E-state index in [0.29, 0.717) is 23.6 Å². The van der Waals surface area contributed by atoms with Gasteiger partial charge in [-0.15, -0.1) is 0 Å². The maximum absolute atomic E-state index is 13.2. The first kappa shape index (κ1) is 15.8. The highest BCUT2D eigenvalue weighted by atomic mass is 16.7. The van der Waals surface area contributed by atoms with E-state index in [1.165, 1.54) is 6.07 Å². The molecule has 0 spiro atoms. The van der Waals surface area contributed by atoms with Crippen LogP contribution < -0.4 is 14.4 Å². The third kappa shape index (κ3) is 2.60. The number of unbranched alkanes of at least 4 members (excludes halogenated alkanes) is 2. The smallest absolute Gasteiger partial charge is 0.239 e. The molecule has 0 saturated carbocycles. The highest BCUT2D eigenvalue weighted by molar-refractivity contribution is 6.07. The average Bonchev–Trinajstić information content (AvgIpc) is 3.17. The summed E-state index contributed by atoms with van der Waals surface area (Å²) < 4.78 is 10.7. The Morgan fingerprint density at radius 3 is 2.68 bits per heavy atom. The van der Waals surface area contributed by atoms with Gasteiger partial charge in [0.1, 0.15) is 5.75 Å². The number of carbonyl (C=O) groups excluding carboxylic acids is 1. The zero-order valence-electron chi connectivity index (χ0n) is 14.2. The number of carbonyl (C=O) groups is 1.